The maximum absolute atomic E-state index is 5.78. The Labute approximate surface area is 88.8 Å². The first-order valence-corrected chi connectivity index (χ1v) is 4.59. The van der Waals surface area contributed by atoms with Crippen LogP contribution in [-0.2, 0) is 4.74 Å². The van der Waals surface area contributed by atoms with Crippen LogP contribution in [0.15, 0.2) is 6.33 Å². The topological polar surface area (TPSA) is 82.3 Å². The highest BCUT2D eigenvalue weighted by molar-refractivity contribution is 5.66. The molecule has 1 heterocycles. The lowest BCUT2D eigenvalue weighted by Gasteiger charge is -2.15. The summed E-state index contributed by atoms with van der Waals surface area (Å²) in [6.45, 7) is 2.54. The van der Waals surface area contributed by atoms with E-state index in [-0.39, 0.29) is 6.04 Å². The van der Waals surface area contributed by atoms with Gasteiger partial charge in [0.25, 0.3) is 0 Å². The highest BCUT2D eigenvalue weighted by Crippen LogP contribution is 2.24. The van der Waals surface area contributed by atoms with E-state index in [2.05, 4.69) is 15.3 Å². The Bertz CT molecular complexity index is 319. The molecule has 3 N–H and O–H groups in total. The molecule has 0 aliphatic heterocycles. The van der Waals surface area contributed by atoms with Crippen molar-refractivity contribution in [2.45, 2.75) is 13.0 Å². The summed E-state index contributed by atoms with van der Waals surface area (Å²) in [5.41, 5.74) is 6.19. The summed E-state index contributed by atoms with van der Waals surface area (Å²) in [6.07, 6.45) is 1.40. The van der Waals surface area contributed by atoms with Gasteiger partial charge in [-0.15, -0.1) is 0 Å². The van der Waals surface area contributed by atoms with Gasteiger partial charge in [0.05, 0.1) is 13.7 Å². The van der Waals surface area contributed by atoms with Gasteiger partial charge in [-0.3, -0.25) is 0 Å². The lowest BCUT2D eigenvalue weighted by Crippen LogP contribution is -2.22. The van der Waals surface area contributed by atoms with Gasteiger partial charge in [0.15, 0.2) is 5.82 Å². The van der Waals surface area contributed by atoms with E-state index in [1.807, 2.05) is 6.92 Å². The molecular weight excluding hydrogens is 196 g/mol. The van der Waals surface area contributed by atoms with Crippen LogP contribution in [0.2, 0.25) is 0 Å². The molecule has 6 heteroatoms. The average Bonchev–Trinajstić information content (AvgIpc) is 2.21. The van der Waals surface area contributed by atoms with Gasteiger partial charge in [-0.1, -0.05) is 0 Å². The van der Waals surface area contributed by atoms with Crippen LogP contribution in [0.5, 0.6) is 5.88 Å². The van der Waals surface area contributed by atoms with Crippen molar-refractivity contribution in [1.29, 1.82) is 0 Å². The molecular formula is C9H16N4O2. The van der Waals surface area contributed by atoms with Crippen LogP contribution in [0.25, 0.3) is 0 Å². The second-order valence-corrected chi connectivity index (χ2v) is 3.15. The van der Waals surface area contributed by atoms with Crippen molar-refractivity contribution in [2.24, 2.45) is 0 Å². The molecule has 0 bridgehead atoms. The van der Waals surface area contributed by atoms with Crippen molar-refractivity contribution in [2.75, 3.05) is 31.9 Å². The number of hydrogen-bond acceptors (Lipinski definition) is 6. The number of aromatic nitrogens is 2. The molecule has 0 saturated heterocycles. The second kappa shape index (κ2) is 5.35. The molecule has 0 aliphatic rings. The van der Waals surface area contributed by atoms with Crippen LogP contribution in [0.1, 0.15) is 6.92 Å². The molecule has 0 aromatic carbocycles. The Morgan fingerprint density at radius 1 is 1.47 bits per heavy atom. The van der Waals surface area contributed by atoms with Gasteiger partial charge in [-0.05, 0) is 6.92 Å². The van der Waals surface area contributed by atoms with Crippen molar-refractivity contribution in [3.8, 4) is 5.88 Å². The van der Waals surface area contributed by atoms with E-state index in [1.165, 1.54) is 13.4 Å². The molecule has 0 fully saturated rings. The monoisotopic (exact) mass is 212 g/mol. The SMILES string of the molecule is COCC(C)Nc1ncnc(OC)c1N. The van der Waals surface area contributed by atoms with Crippen LogP contribution >= 0.6 is 0 Å². The summed E-state index contributed by atoms with van der Waals surface area (Å²) in [5, 5.41) is 3.10. The predicted molar refractivity (Wildman–Crippen MR) is 58.0 cm³/mol. The van der Waals surface area contributed by atoms with Crippen molar-refractivity contribution < 1.29 is 9.47 Å². The fraction of sp³-hybridized carbons (Fsp3) is 0.556. The minimum Gasteiger partial charge on any atom is -0.479 e. The third-order valence-electron chi connectivity index (χ3n) is 1.84. The summed E-state index contributed by atoms with van der Waals surface area (Å²) in [7, 11) is 3.16. The van der Waals surface area contributed by atoms with Crippen molar-refractivity contribution in [3.05, 3.63) is 6.33 Å². The Balaban J connectivity index is 2.76. The Morgan fingerprint density at radius 3 is 2.80 bits per heavy atom. The van der Waals surface area contributed by atoms with E-state index < -0.39 is 0 Å². The summed E-state index contributed by atoms with van der Waals surface area (Å²) in [6, 6.07) is 0.122. The maximum atomic E-state index is 5.78. The quantitative estimate of drug-likeness (QED) is 0.740. The molecule has 0 amide bonds. The molecule has 6 nitrogen and oxygen atoms in total. The lowest BCUT2D eigenvalue weighted by molar-refractivity contribution is 0.190. The largest absolute Gasteiger partial charge is 0.479 e. The van der Waals surface area contributed by atoms with Crippen molar-refractivity contribution >= 4 is 11.5 Å². The van der Waals surface area contributed by atoms with Gasteiger partial charge >= 0.3 is 0 Å². The molecule has 1 atom stereocenters. The van der Waals surface area contributed by atoms with Gasteiger partial charge < -0.3 is 20.5 Å². The number of nitrogens with one attached hydrogen (secondary N) is 1. The standard InChI is InChI=1S/C9H16N4O2/c1-6(4-14-2)13-8-7(10)9(15-3)12-5-11-8/h5-6H,4,10H2,1-3H3,(H,11,12,13). The van der Waals surface area contributed by atoms with E-state index in [0.29, 0.717) is 24.0 Å². The first-order chi connectivity index (χ1) is 7.19. The molecule has 84 valence electrons. The van der Waals surface area contributed by atoms with Gasteiger partial charge in [0.2, 0.25) is 5.88 Å². The van der Waals surface area contributed by atoms with E-state index in [0.717, 1.165) is 0 Å². The zero-order chi connectivity index (χ0) is 11.3. The van der Waals surface area contributed by atoms with Crippen molar-refractivity contribution in [1.82, 2.24) is 9.97 Å². The summed E-state index contributed by atoms with van der Waals surface area (Å²) >= 11 is 0. The van der Waals surface area contributed by atoms with E-state index in [1.54, 1.807) is 7.11 Å². The van der Waals surface area contributed by atoms with E-state index >= 15 is 0 Å². The zero-order valence-corrected chi connectivity index (χ0v) is 9.15. The van der Waals surface area contributed by atoms with Crippen LogP contribution in [0.3, 0.4) is 0 Å². The number of nitrogens with zero attached hydrogens (tertiary/aromatic N) is 2. The minimum absolute atomic E-state index is 0.122. The number of rotatable bonds is 5. The molecule has 1 aromatic rings. The number of hydrogen-bond donors (Lipinski definition) is 2. The molecule has 0 aliphatic carbocycles. The van der Waals surface area contributed by atoms with Crippen LogP contribution in [0, 0.1) is 0 Å². The molecule has 0 saturated carbocycles. The van der Waals surface area contributed by atoms with E-state index in [4.69, 9.17) is 15.2 Å². The molecule has 1 rings (SSSR count). The number of anilines is 2. The van der Waals surface area contributed by atoms with Gasteiger partial charge in [0.1, 0.15) is 12.0 Å². The zero-order valence-electron chi connectivity index (χ0n) is 9.15. The predicted octanol–water partition coefficient (Wildman–Crippen LogP) is 0.514. The third-order valence-corrected chi connectivity index (χ3v) is 1.84. The second-order valence-electron chi connectivity index (χ2n) is 3.15. The lowest BCUT2D eigenvalue weighted by atomic mass is 10.3. The Hall–Kier alpha value is -1.56. The summed E-state index contributed by atoms with van der Waals surface area (Å²) in [4.78, 5) is 7.91. The fourth-order valence-corrected chi connectivity index (χ4v) is 1.18. The fourth-order valence-electron chi connectivity index (χ4n) is 1.18. The number of nitrogens with two attached hydrogens (primary N) is 1. The van der Waals surface area contributed by atoms with Gasteiger partial charge in [-0.2, -0.15) is 4.98 Å². The molecule has 0 radical (unpaired) electrons. The van der Waals surface area contributed by atoms with Crippen LogP contribution in [0.4, 0.5) is 11.5 Å². The van der Waals surface area contributed by atoms with E-state index in [9.17, 15) is 0 Å². The third kappa shape index (κ3) is 2.95. The van der Waals surface area contributed by atoms with Crippen LogP contribution in [-0.4, -0.2) is 36.8 Å². The highest BCUT2D eigenvalue weighted by Gasteiger charge is 2.10. The minimum atomic E-state index is 0.122. The van der Waals surface area contributed by atoms with Crippen LogP contribution < -0.4 is 15.8 Å². The molecule has 1 unspecified atom stereocenters. The summed E-state index contributed by atoms with van der Waals surface area (Å²) in [5.74, 6) is 0.934. The molecule has 15 heavy (non-hydrogen) atoms. The molecule has 0 spiro atoms. The Kier molecular flexibility index (Phi) is 4.11. The normalized spacial score (nSPS) is 12.2. The maximum Gasteiger partial charge on any atom is 0.242 e. The number of methoxy groups -OCH3 is 2. The van der Waals surface area contributed by atoms with Gasteiger partial charge in [-0.25, -0.2) is 4.98 Å². The smallest absolute Gasteiger partial charge is 0.242 e. The highest BCUT2D eigenvalue weighted by atomic mass is 16.5. The number of nitrogen functional groups attached to an aromatic ring is 1. The first-order valence-electron chi connectivity index (χ1n) is 4.59. The van der Waals surface area contributed by atoms with Gasteiger partial charge in [0, 0.05) is 13.2 Å². The van der Waals surface area contributed by atoms with Crippen molar-refractivity contribution in [3.63, 3.8) is 0 Å². The number of ether oxygens (including phenoxy) is 2. The first kappa shape index (κ1) is 11.5. The molecule has 1 aromatic heterocycles. The average molecular weight is 212 g/mol. The summed E-state index contributed by atoms with van der Waals surface area (Å²) < 4.78 is 9.97. The Morgan fingerprint density at radius 2 is 2.20 bits per heavy atom.